The highest BCUT2D eigenvalue weighted by molar-refractivity contribution is 7.92. The standard InChI is InChI=1S/C24H20ClF3N2O5S/c1-15-8-9-16(23(32)35-2)12-21(15)29-22(31)14-30(36(33,34)18-6-4-3-5-7-18)17-10-11-20(25)19(13-17)24(26,27)28/h3-13H,14H2,1-2H3,(H,29,31). The number of carbonyl (C=O) groups excluding carboxylic acids is 2. The summed E-state index contributed by atoms with van der Waals surface area (Å²) in [5.74, 6) is -1.51. The minimum Gasteiger partial charge on any atom is -0.465 e. The fraction of sp³-hybridized carbons (Fsp3) is 0.167. The molecule has 190 valence electrons. The van der Waals surface area contributed by atoms with Crippen molar-refractivity contribution >= 4 is 44.9 Å². The zero-order chi connectivity index (χ0) is 26.7. The van der Waals surface area contributed by atoms with Crippen molar-refractivity contribution in [2.75, 3.05) is 23.3 Å². The number of hydrogen-bond donors (Lipinski definition) is 1. The number of ether oxygens (including phenoxy) is 1. The highest BCUT2D eigenvalue weighted by Crippen LogP contribution is 2.38. The summed E-state index contributed by atoms with van der Waals surface area (Å²) in [6.07, 6.45) is -4.86. The van der Waals surface area contributed by atoms with E-state index >= 15 is 0 Å². The van der Waals surface area contributed by atoms with Crippen LogP contribution in [0.4, 0.5) is 24.5 Å². The highest BCUT2D eigenvalue weighted by atomic mass is 35.5. The zero-order valence-corrected chi connectivity index (χ0v) is 20.5. The number of alkyl halides is 3. The Labute approximate surface area is 210 Å². The first-order valence-corrected chi connectivity index (χ1v) is 12.1. The second kappa shape index (κ2) is 10.6. The molecule has 0 saturated heterocycles. The highest BCUT2D eigenvalue weighted by Gasteiger charge is 2.35. The largest absolute Gasteiger partial charge is 0.465 e. The van der Waals surface area contributed by atoms with Gasteiger partial charge in [-0.3, -0.25) is 9.10 Å². The number of methoxy groups -OCH3 is 1. The monoisotopic (exact) mass is 540 g/mol. The molecular formula is C24H20ClF3N2O5S. The molecule has 0 spiro atoms. The average Bonchev–Trinajstić information content (AvgIpc) is 2.83. The van der Waals surface area contributed by atoms with Crippen LogP contribution in [0.2, 0.25) is 5.02 Å². The van der Waals surface area contributed by atoms with Crippen molar-refractivity contribution in [1.29, 1.82) is 0 Å². The molecule has 3 rings (SSSR count). The van der Waals surface area contributed by atoms with Gasteiger partial charge >= 0.3 is 12.1 Å². The molecule has 12 heteroatoms. The van der Waals surface area contributed by atoms with Crippen molar-refractivity contribution in [1.82, 2.24) is 0 Å². The number of hydrogen-bond acceptors (Lipinski definition) is 5. The number of anilines is 2. The Morgan fingerprint density at radius 1 is 1.03 bits per heavy atom. The maximum Gasteiger partial charge on any atom is 0.417 e. The van der Waals surface area contributed by atoms with Gasteiger partial charge in [0.2, 0.25) is 5.91 Å². The summed E-state index contributed by atoms with van der Waals surface area (Å²) in [4.78, 5) is 24.5. The minimum absolute atomic E-state index is 0.139. The Kier molecular flexibility index (Phi) is 7.95. The summed E-state index contributed by atoms with van der Waals surface area (Å²) in [7, 11) is -3.28. The summed E-state index contributed by atoms with van der Waals surface area (Å²) in [5.41, 5.74) is -0.770. The predicted molar refractivity (Wildman–Crippen MR) is 129 cm³/mol. The van der Waals surface area contributed by atoms with Gasteiger partial charge in [-0.2, -0.15) is 13.2 Å². The van der Waals surface area contributed by atoms with Crippen molar-refractivity contribution < 1.29 is 35.9 Å². The van der Waals surface area contributed by atoms with E-state index in [1.165, 1.54) is 43.5 Å². The fourth-order valence-corrected chi connectivity index (χ4v) is 4.90. The molecule has 3 aromatic rings. The van der Waals surface area contributed by atoms with Crippen molar-refractivity contribution in [2.24, 2.45) is 0 Å². The molecule has 0 radical (unpaired) electrons. The Hall–Kier alpha value is -3.57. The summed E-state index contributed by atoms with van der Waals surface area (Å²) >= 11 is 5.69. The van der Waals surface area contributed by atoms with Gasteiger partial charge in [-0.1, -0.05) is 35.9 Å². The average molecular weight is 541 g/mol. The molecule has 7 nitrogen and oxygen atoms in total. The lowest BCUT2D eigenvalue weighted by Gasteiger charge is -2.25. The number of carbonyl (C=O) groups is 2. The summed E-state index contributed by atoms with van der Waals surface area (Å²) in [6.45, 7) is 0.780. The van der Waals surface area contributed by atoms with Crippen LogP contribution in [-0.2, 0) is 25.7 Å². The van der Waals surface area contributed by atoms with E-state index < -0.39 is 50.9 Å². The van der Waals surface area contributed by atoms with E-state index in [0.717, 1.165) is 12.1 Å². The SMILES string of the molecule is COC(=O)c1ccc(C)c(NC(=O)CN(c2ccc(Cl)c(C(F)(F)F)c2)S(=O)(=O)c2ccccc2)c1. The molecule has 0 fully saturated rings. The van der Waals surface area contributed by atoms with Crippen molar-refractivity contribution in [3.63, 3.8) is 0 Å². The van der Waals surface area contributed by atoms with Crippen LogP contribution >= 0.6 is 11.6 Å². The number of amides is 1. The van der Waals surface area contributed by atoms with Gasteiger partial charge in [0.05, 0.1) is 33.8 Å². The van der Waals surface area contributed by atoms with Gasteiger partial charge in [0.25, 0.3) is 10.0 Å². The number of benzene rings is 3. The molecule has 0 aliphatic heterocycles. The van der Waals surface area contributed by atoms with E-state index in [2.05, 4.69) is 10.1 Å². The number of sulfonamides is 1. The number of nitrogens with one attached hydrogen (secondary N) is 1. The summed E-state index contributed by atoms with van der Waals surface area (Å²) < 4.78 is 72.4. The summed E-state index contributed by atoms with van der Waals surface area (Å²) in [5, 5.41) is 1.89. The molecule has 36 heavy (non-hydrogen) atoms. The topological polar surface area (TPSA) is 92.8 Å². The molecule has 0 bridgehead atoms. The van der Waals surface area contributed by atoms with Crippen LogP contribution in [-0.4, -0.2) is 33.9 Å². The Balaban J connectivity index is 2.03. The van der Waals surface area contributed by atoms with E-state index in [-0.39, 0.29) is 16.1 Å². The molecule has 0 atom stereocenters. The molecule has 0 aliphatic carbocycles. The van der Waals surface area contributed by atoms with E-state index in [9.17, 15) is 31.2 Å². The third-order valence-electron chi connectivity index (χ3n) is 5.09. The molecule has 0 heterocycles. The first kappa shape index (κ1) is 27.0. The first-order chi connectivity index (χ1) is 16.8. The van der Waals surface area contributed by atoms with Gasteiger partial charge in [0, 0.05) is 5.69 Å². The van der Waals surface area contributed by atoms with Gasteiger partial charge < -0.3 is 10.1 Å². The molecule has 0 saturated carbocycles. The lowest BCUT2D eigenvalue weighted by Crippen LogP contribution is -2.38. The normalized spacial score (nSPS) is 11.6. The van der Waals surface area contributed by atoms with E-state index in [1.54, 1.807) is 19.1 Å². The fourth-order valence-electron chi connectivity index (χ4n) is 3.24. The number of nitrogens with zero attached hydrogens (tertiary/aromatic N) is 1. The Bertz CT molecular complexity index is 1400. The lowest BCUT2D eigenvalue weighted by molar-refractivity contribution is -0.137. The van der Waals surface area contributed by atoms with Crippen LogP contribution in [0.3, 0.4) is 0 Å². The van der Waals surface area contributed by atoms with Crippen molar-refractivity contribution in [3.05, 3.63) is 88.4 Å². The third kappa shape index (κ3) is 5.97. The van der Waals surface area contributed by atoms with Gasteiger partial charge in [-0.25, -0.2) is 13.2 Å². The van der Waals surface area contributed by atoms with Crippen LogP contribution in [0.15, 0.2) is 71.6 Å². The van der Waals surface area contributed by atoms with Gasteiger partial charge in [-0.15, -0.1) is 0 Å². The molecule has 1 amide bonds. The van der Waals surface area contributed by atoms with Gasteiger partial charge in [0.15, 0.2) is 0 Å². The van der Waals surface area contributed by atoms with Crippen LogP contribution < -0.4 is 9.62 Å². The molecule has 0 aromatic heterocycles. The van der Waals surface area contributed by atoms with Crippen molar-refractivity contribution in [2.45, 2.75) is 18.0 Å². The van der Waals surface area contributed by atoms with Gasteiger partial charge in [-0.05, 0) is 55.0 Å². The van der Waals surface area contributed by atoms with Crippen LogP contribution in [0.5, 0.6) is 0 Å². The smallest absolute Gasteiger partial charge is 0.417 e. The van der Waals surface area contributed by atoms with Crippen LogP contribution in [0.1, 0.15) is 21.5 Å². The molecule has 0 unspecified atom stereocenters. The van der Waals surface area contributed by atoms with Crippen LogP contribution in [0.25, 0.3) is 0 Å². The zero-order valence-electron chi connectivity index (χ0n) is 19.0. The second-order valence-electron chi connectivity index (χ2n) is 7.56. The van der Waals surface area contributed by atoms with E-state index in [1.807, 2.05) is 0 Å². The Morgan fingerprint density at radius 2 is 1.69 bits per heavy atom. The van der Waals surface area contributed by atoms with Crippen molar-refractivity contribution in [3.8, 4) is 0 Å². The molecule has 1 N–H and O–H groups in total. The van der Waals surface area contributed by atoms with Gasteiger partial charge in [0.1, 0.15) is 6.54 Å². The summed E-state index contributed by atoms with van der Waals surface area (Å²) in [6, 6.07) is 13.9. The quantitative estimate of drug-likeness (QED) is 0.411. The number of aryl methyl sites for hydroxylation is 1. The second-order valence-corrected chi connectivity index (χ2v) is 9.83. The lowest BCUT2D eigenvalue weighted by atomic mass is 10.1. The minimum atomic E-state index is -4.86. The maximum absolute atomic E-state index is 13.5. The predicted octanol–water partition coefficient (Wildman–Crippen LogP) is 5.29. The maximum atomic E-state index is 13.5. The number of rotatable bonds is 7. The molecular weight excluding hydrogens is 521 g/mol. The third-order valence-corrected chi connectivity index (χ3v) is 7.21. The van der Waals surface area contributed by atoms with Crippen LogP contribution in [0, 0.1) is 6.92 Å². The van der Waals surface area contributed by atoms with E-state index in [4.69, 9.17) is 11.6 Å². The molecule has 0 aliphatic rings. The van der Waals surface area contributed by atoms with E-state index in [0.29, 0.717) is 15.9 Å². The number of esters is 1. The Morgan fingerprint density at radius 3 is 2.31 bits per heavy atom. The number of halogens is 4. The molecule has 3 aromatic carbocycles. The first-order valence-electron chi connectivity index (χ1n) is 10.3.